The molecule has 0 radical (unpaired) electrons. The third kappa shape index (κ3) is 4.10. The van der Waals surface area contributed by atoms with Crippen LogP contribution in [0.5, 0.6) is 5.75 Å². The molecule has 0 aliphatic rings. The highest BCUT2D eigenvalue weighted by Gasteiger charge is 2.34. The van der Waals surface area contributed by atoms with Crippen LogP contribution >= 0.6 is 0 Å². The number of pyridine rings is 1. The van der Waals surface area contributed by atoms with Crippen molar-refractivity contribution in [2.24, 2.45) is 0 Å². The summed E-state index contributed by atoms with van der Waals surface area (Å²) in [4.78, 5) is 12.6. The van der Waals surface area contributed by atoms with Gasteiger partial charge in [0.15, 0.2) is 12.0 Å². The minimum Gasteiger partial charge on any atom is -0.618 e. The molecule has 1 heterocycles. The lowest BCUT2D eigenvalue weighted by Gasteiger charge is -2.15. The Morgan fingerprint density at radius 1 is 1.03 bits per heavy atom. The topological polar surface area (TPSA) is 79.3 Å². The van der Waals surface area contributed by atoms with Crippen molar-refractivity contribution in [3.63, 3.8) is 0 Å². The second kappa shape index (κ2) is 7.38. The number of anilines is 1. The third-order valence-electron chi connectivity index (χ3n) is 3.93. The summed E-state index contributed by atoms with van der Waals surface area (Å²) < 4.78 is 69.2. The predicted molar refractivity (Wildman–Crippen MR) is 91.7 cm³/mol. The molecule has 0 aliphatic heterocycles. The molecule has 0 saturated heterocycles. The van der Waals surface area contributed by atoms with Crippen molar-refractivity contribution in [1.82, 2.24) is 0 Å². The van der Waals surface area contributed by atoms with Crippen molar-refractivity contribution in [2.75, 3.05) is 5.73 Å². The van der Waals surface area contributed by atoms with Crippen molar-refractivity contribution >= 4 is 11.5 Å². The summed E-state index contributed by atoms with van der Waals surface area (Å²) in [5, 5.41) is 12.2. The van der Waals surface area contributed by atoms with Gasteiger partial charge >= 0.3 is 6.36 Å². The van der Waals surface area contributed by atoms with Crippen LogP contribution in [0, 0.1) is 16.8 Å². The molecule has 2 N–H and O–H groups in total. The molecule has 2 aromatic carbocycles. The van der Waals surface area contributed by atoms with Crippen molar-refractivity contribution in [2.45, 2.75) is 6.36 Å². The molecule has 5 nitrogen and oxygen atoms in total. The lowest BCUT2D eigenvalue weighted by molar-refractivity contribution is -0.593. The van der Waals surface area contributed by atoms with Gasteiger partial charge in [-0.15, -0.1) is 13.2 Å². The number of alkyl halides is 3. The Bertz CT molecular complexity index is 1100. The maximum Gasteiger partial charge on any atom is 0.573 e. The van der Waals surface area contributed by atoms with E-state index >= 15 is 0 Å². The van der Waals surface area contributed by atoms with Crippen molar-refractivity contribution in [3.8, 4) is 17.0 Å². The average molecular weight is 410 g/mol. The first-order valence-corrected chi connectivity index (χ1v) is 7.95. The van der Waals surface area contributed by atoms with Crippen LogP contribution < -0.4 is 15.2 Å². The quantitative estimate of drug-likeness (QED) is 0.306. The van der Waals surface area contributed by atoms with Crippen LogP contribution in [0.15, 0.2) is 54.7 Å². The number of halogens is 5. The smallest absolute Gasteiger partial charge is 0.573 e. The summed E-state index contributed by atoms with van der Waals surface area (Å²) in [6.45, 7) is 0. The maximum atomic E-state index is 14.0. The first kappa shape index (κ1) is 20.1. The molecule has 1 aromatic heterocycles. The zero-order chi connectivity index (χ0) is 21.3. The fourth-order valence-electron chi connectivity index (χ4n) is 2.71. The van der Waals surface area contributed by atoms with E-state index in [4.69, 9.17) is 5.73 Å². The summed E-state index contributed by atoms with van der Waals surface area (Å²) in [6.07, 6.45) is -4.20. The molecule has 0 fully saturated rings. The van der Waals surface area contributed by atoms with Gasteiger partial charge in [-0.25, -0.2) is 8.78 Å². The van der Waals surface area contributed by atoms with E-state index in [1.165, 1.54) is 12.1 Å². The van der Waals surface area contributed by atoms with Crippen LogP contribution in [0.25, 0.3) is 11.3 Å². The highest BCUT2D eigenvalue weighted by Crippen LogP contribution is 2.36. The second-order valence-electron chi connectivity index (χ2n) is 5.81. The summed E-state index contributed by atoms with van der Waals surface area (Å²) in [7, 11) is 0. The summed E-state index contributed by atoms with van der Waals surface area (Å²) in [6, 6.07) is 7.94. The Kier molecular flexibility index (Phi) is 5.10. The molecule has 0 unspecified atom stereocenters. The van der Waals surface area contributed by atoms with E-state index in [1.807, 2.05) is 0 Å². The minimum atomic E-state index is -5.04. The average Bonchev–Trinajstić information content (AvgIpc) is 2.61. The molecule has 3 rings (SSSR count). The van der Waals surface area contributed by atoms with Crippen LogP contribution in [0.3, 0.4) is 0 Å². The lowest BCUT2D eigenvalue weighted by Crippen LogP contribution is -2.31. The van der Waals surface area contributed by atoms with Crippen molar-refractivity contribution in [3.05, 3.63) is 82.7 Å². The molecule has 3 aromatic rings. The number of aromatic nitrogens is 1. The van der Waals surface area contributed by atoms with Gasteiger partial charge < -0.3 is 15.7 Å². The van der Waals surface area contributed by atoms with Gasteiger partial charge in [0.1, 0.15) is 23.1 Å². The normalized spacial score (nSPS) is 11.3. The van der Waals surface area contributed by atoms with Gasteiger partial charge in [0.25, 0.3) is 5.69 Å². The van der Waals surface area contributed by atoms with Gasteiger partial charge in [-0.1, -0.05) is 12.1 Å². The van der Waals surface area contributed by atoms with Gasteiger partial charge in [0.2, 0.25) is 0 Å². The molecule has 10 heteroatoms. The van der Waals surface area contributed by atoms with Crippen molar-refractivity contribution < 1.29 is 36.2 Å². The van der Waals surface area contributed by atoms with E-state index in [1.54, 1.807) is 0 Å². The number of nitrogen functional groups attached to an aromatic ring is 1. The Labute approximate surface area is 160 Å². The Balaban J connectivity index is 2.16. The molecule has 0 amide bonds. The van der Waals surface area contributed by atoms with Gasteiger partial charge in [0.05, 0.1) is 16.7 Å². The van der Waals surface area contributed by atoms with Gasteiger partial charge in [-0.05, 0) is 24.3 Å². The van der Waals surface area contributed by atoms with E-state index in [0.29, 0.717) is 6.07 Å². The largest absolute Gasteiger partial charge is 0.618 e. The van der Waals surface area contributed by atoms with Crippen LogP contribution in [0.1, 0.15) is 15.9 Å². The van der Waals surface area contributed by atoms with Crippen LogP contribution in [-0.2, 0) is 0 Å². The summed E-state index contributed by atoms with van der Waals surface area (Å²) in [5.41, 5.74) is 3.72. The first-order chi connectivity index (χ1) is 13.6. The summed E-state index contributed by atoms with van der Waals surface area (Å²) >= 11 is 0. The number of carbonyl (C=O) groups excluding carboxylic acids is 1. The molecule has 0 saturated carbocycles. The van der Waals surface area contributed by atoms with Gasteiger partial charge in [-0.3, -0.25) is 4.79 Å². The number of benzene rings is 2. The number of para-hydroxylation sites is 1. The van der Waals surface area contributed by atoms with E-state index in [2.05, 4.69) is 4.74 Å². The zero-order valence-electron chi connectivity index (χ0n) is 14.3. The number of carbonyl (C=O) groups is 1. The van der Waals surface area contributed by atoms with E-state index in [0.717, 1.165) is 36.5 Å². The molecular weight excluding hydrogens is 399 g/mol. The Morgan fingerprint density at radius 3 is 2.38 bits per heavy atom. The number of ether oxygens (including phenoxy) is 1. The SMILES string of the molecule is Nc1c(C(=O)c2ccc(F)cc2F)cc[n+]([O-])c1-c1ccccc1OC(F)(F)F. The number of nitrogens with zero attached hydrogens (tertiary/aromatic N) is 1. The summed E-state index contributed by atoms with van der Waals surface area (Å²) in [5.74, 6) is -3.75. The number of hydrogen-bond acceptors (Lipinski definition) is 4. The van der Waals surface area contributed by atoms with Crippen molar-refractivity contribution in [1.29, 1.82) is 0 Å². The van der Waals surface area contributed by atoms with Crippen LogP contribution in [-0.4, -0.2) is 12.1 Å². The lowest BCUT2D eigenvalue weighted by atomic mass is 9.98. The Hall–Kier alpha value is -3.69. The molecule has 29 heavy (non-hydrogen) atoms. The van der Waals surface area contributed by atoms with E-state index in [-0.39, 0.29) is 15.9 Å². The predicted octanol–water partition coefficient (Wildman–Crippen LogP) is 3.98. The number of ketones is 1. The molecule has 0 atom stereocenters. The standard InChI is InChI=1S/C19H11F5N2O3/c20-10-5-6-11(14(21)9-10)18(27)13-7-8-26(28)17(16(13)25)12-3-1-2-4-15(12)29-19(22,23)24/h1-9H,25H2. The number of hydrogen-bond donors (Lipinski definition) is 1. The highest BCUT2D eigenvalue weighted by molar-refractivity contribution is 6.13. The number of rotatable bonds is 4. The van der Waals surface area contributed by atoms with Gasteiger partial charge in [0, 0.05) is 12.1 Å². The monoisotopic (exact) mass is 410 g/mol. The fraction of sp³-hybridized carbons (Fsp3) is 0.0526. The van der Waals surface area contributed by atoms with E-state index in [9.17, 15) is 32.0 Å². The highest BCUT2D eigenvalue weighted by atomic mass is 19.4. The van der Waals surface area contributed by atoms with Crippen LogP contribution in [0.4, 0.5) is 27.6 Å². The maximum absolute atomic E-state index is 14.0. The minimum absolute atomic E-state index is 0.158. The third-order valence-corrected chi connectivity index (χ3v) is 3.93. The number of nitrogens with two attached hydrogens (primary N) is 1. The van der Waals surface area contributed by atoms with Crippen LogP contribution in [0.2, 0.25) is 0 Å². The van der Waals surface area contributed by atoms with E-state index < -0.39 is 46.5 Å². The second-order valence-corrected chi connectivity index (χ2v) is 5.81. The molecule has 150 valence electrons. The molecule has 0 bridgehead atoms. The molecule has 0 aliphatic carbocycles. The van der Waals surface area contributed by atoms with Gasteiger partial charge in [-0.2, -0.15) is 4.73 Å². The molecule has 0 spiro atoms. The molecular formula is C19H11F5N2O3. The fourth-order valence-corrected chi connectivity index (χ4v) is 2.71. The zero-order valence-corrected chi connectivity index (χ0v) is 14.3. The first-order valence-electron chi connectivity index (χ1n) is 7.95. The Morgan fingerprint density at radius 2 is 1.72 bits per heavy atom.